The largest absolute Gasteiger partial charge is 0.495 e. The highest BCUT2D eigenvalue weighted by Crippen LogP contribution is 2.27. The number of carbonyl (C=O) groups excluding carboxylic acids is 1. The predicted molar refractivity (Wildman–Crippen MR) is 139 cm³/mol. The number of methoxy groups -OCH3 is 1. The van der Waals surface area contributed by atoms with Crippen LogP contribution >= 0.6 is 11.6 Å². The lowest BCUT2D eigenvalue weighted by Crippen LogP contribution is -2.48. The molecule has 3 aromatic carbocycles. The smallest absolute Gasteiger partial charge is 0.241 e. The van der Waals surface area contributed by atoms with Gasteiger partial charge in [0.05, 0.1) is 23.1 Å². The first-order valence-corrected chi connectivity index (χ1v) is 13.2. The van der Waals surface area contributed by atoms with Gasteiger partial charge in [-0.1, -0.05) is 54.1 Å². The molecule has 0 unspecified atom stereocenters. The highest BCUT2D eigenvalue weighted by Gasteiger charge is 2.28. The fourth-order valence-corrected chi connectivity index (χ4v) is 5.49. The molecule has 3 rings (SSSR count). The molecule has 0 aliphatic rings. The minimum atomic E-state index is -4.04. The molecule has 6 nitrogen and oxygen atoms in total. The van der Waals surface area contributed by atoms with E-state index in [1.165, 1.54) is 30.9 Å². The summed E-state index contributed by atoms with van der Waals surface area (Å²) < 4.78 is 34.1. The molecule has 8 heteroatoms. The maximum absolute atomic E-state index is 13.4. The maximum Gasteiger partial charge on any atom is 0.241 e. The summed E-state index contributed by atoms with van der Waals surface area (Å²) in [6.07, 6.45) is 0.189. The van der Waals surface area contributed by atoms with Gasteiger partial charge in [-0.05, 0) is 80.1 Å². The fourth-order valence-electron chi connectivity index (χ4n) is 3.95. The second-order valence-electron chi connectivity index (χ2n) is 8.68. The van der Waals surface area contributed by atoms with E-state index in [9.17, 15) is 13.2 Å². The van der Waals surface area contributed by atoms with Crippen molar-refractivity contribution in [3.8, 4) is 5.75 Å². The van der Waals surface area contributed by atoms with Crippen molar-refractivity contribution in [3.63, 3.8) is 0 Å². The number of benzene rings is 3. The quantitative estimate of drug-likeness (QED) is 0.419. The van der Waals surface area contributed by atoms with Gasteiger partial charge in [0.1, 0.15) is 11.8 Å². The summed E-state index contributed by atoms with van der Waals surface area (Å²) in [6, 6.07) is 16.3. The minimum absolute atomic E-state index is 0.0489. The van der Waals surface area contributed by atoms with E-state index in [0.717, 1.165) is 22.3 Å². The van der Waals surface area contributed by atoms with Crippen LogP contribution in [0.2, 0.25) is 5.02 Å². The molecule has 0 heterocycles. The second kappa shape index (κ2) is 11.2. The van der Waals surface area contributed by atoms with Gasteiger partial charge in [-0.2, -0.15) is 4.72 Å². The van der Waals surface area contributed by atoms with Gasteiger partial charge < -0.3 is 10.1 Å². The lowest BCUT2D eigenvalue weighted by atomic mass is 9.96. The Bertz CT molecular complexity index is 1310. The normalized spacial score (nSPS) is 13.2. The Morgan fingerprint density at radius 2 is 1.63 bits per heavy atom. The average Bonchev–Trinajstić information content (AvgIpc) is 2.81. The van der Waals surface area contributed by atoms with Gasteiger partial charge in [0.25, 0.3) is 0 Å². The first-order chi connectivity index (χ1) is 16.5. The summed E-state index contributed by atoms with van der Waals surface area (Å²) in [7, 11) is -2.59. The Balaban J connectivity index is 1.88. The summed E-state index contributed by atoms with van der Waals surface area (Å²) in [5, 5.41) is 3.16. The zero-order valence-corrected chi connectivity index (χ0v) is 22.1. The summed E-state index contributed by atoms with van der Waals surface area (Å²) in [4.78, 5) is 13.3. The number of hydrogen-bond donors (Lipinski definition) is 2. The van der Waals surface area contributed by atoms with Crippen LogP contribution in [0.4, 0.5) is 0 Å². The number of halogens is 1. The van der Waals surface area contributed by atoms with Crippen molar-refractivity contribution in [2.75, 3.05) is 7.11 Å². The van der Waals surface area contributed by atoms with E-state index >= 15 is 0 Å². The molecule has 0 bridgehead atoms. The summed E-state index contributed by atoms with van der Waals surface area (Å²) in [6.45, 7) is 7.97. The standard InChI is InChI=1S/C27H31ClN2O4S/c1-17-13-19(3)23(14-18(17)2)20(4)29-27(31)25(15-21-9-7-6-8-10-21)30-35(32,33)22-11-12-26(34-5)24(28)16-22/h6-14,16,20,25,30H,15H2,1-5H3,(H,29,31)/t20-,25-/m1/s1. The van der Waals surface area contributed by atoms with Gasteiger partial charge in [-0.3, -0.25) is 4.79 Å². The first kappa shape index (κ1) is 26.7. The van der Waals surface area contributed by atoms with E-state index in [1.807, 2.05) is 58.0 Å². The molecule has 0 aliphatic heterocycles. The van der Waals surface area contributed by atoms with E-state index in [0.29, 0.717) is 5.75 Å². The fraction of sp³-hybridized carbons (Fsp3) is 0.296. The van der Waals surface area contributed by atoms with Crippen LogP contribution in [0.25, 0.3) is 0 Å². The number of carbonyl (C=O) groups is 1. The SMILES string of the molecule is COc1ccc(S(=O)(=O)N[C@H](Cc2ccccc2)C(=O)N[C@H](C)c2cc(C)c(C)cc2C)cc1Cl. The van der Waals surface area contributed by atoms with Gasteiger partial charge in [-0.25, -0.2) is 8.42 Å². The van der Waals surface area contributed by atoms with E-state index in [4.69, 9.17) is 16.3 Å². The van der Waals surface area contributed by atoms with E-state index in [1.54, 1.807) is 0 Å². The Hall–Kier alpha value is -2.87. The number of ether oxygens (including phenoxy) is 1. The molecule has 0 aliphatic carbocycles. The van der Waals surface area contributed by atoms with Crippen LogP contribution in [0.5, 0.6) is 5.75 Å². The zero-order valence-electron chi connectivity index (χ0n) is 20.6. The summed E-state index contributed by atoms with van der Waals surface area (Å²) in [5.74, 6) is -0.0519. The van der Waals surface area contributed by atoms with E-state index < -0.39 is 22.0 Å². The Morgan fingerprint density at radius 3 is 2.26 bits per heavy atom. The Morgan fingerprint density at radius 1 is 0.971 bits per heavy atom. The molecule has 1 amide bonds. The van der Waals surface area contributed by atoms with Gasteiger partial charge in [-0.15, -0.1) is 0 Å². The van der Waals surface area contributed by atoms with Crippen molar-refractivity contribution in [2.24, 2.45) is 0 Å². The van der Waals surface area contributed by atoms with Crippen LogP contribution in [0.1, 0.15) is 40.8 Å². The number of hydrogen-bond acceptors (Lipinski definition) is 4. The average molecular weight is 515 g/mol. The van der Waals surface area contributed by atoms with Crippen molar-refractivity contribution in [3.05, 3.63) is 93.5 Å². The number of aryl methyl sites for hydroxylation is 3. The molecule has 0 saturated heterocycles. The lowest BCUT2D eigenvalue weighted by Gasteiger charge is -2.23. The number of nitrogens with one attached hydrogen (secondary N) is 2. The highest BCUT2D eigenvalue weighted by atomic mass is 35.5. The van der Waals surface area contributed by atoms with Crippen LogP contribution in [0.15, 0.2) is 65.6 Å². The topological polar surface area (TPSA) is 84.5 Å². The molecule has 2 N–H and O–H groups in total. The Labute approximate surface area is 212 Å². The van der Waals surface area contributed by atoms with Crippen molar-refractivity contribution < 1.29 is 17.9 Å². The van der Waals surface area contributed by atoms with Gasteiger partial charge >= 0.3 is 0 Å². The molecular formula is C27H31ClN2O4S. The number of amides is 1. The van der Waals surface area contributed by atoms with Crippen LogP contribution in [-0.4, -0.2) is 27.5 Å². The second-order valence-corrected chi connectivity index (χ2v) is 10.8. The number of rotatable bonds is 9. The molecule has 0 saturated carbocycles. The zero-order chi connectivity index (χ0) is 25.8. The first-order valence-electron chi connectivity index (χ1n) is 11.3. The van der Waals surface area contributed by atoms with E-state index in [2.05, 4.69) is 22.2 Å². The van der Waals surface area contributed by atoms with Crippen molar-refractivity contribution in [1.29, 1.82) is 0 Å². The third-order valence-corrected chi connectivity index (χ3v) is 7.80. The molecule has 0 aromatic heterocycles. The summed E-state index contributed by atoms with van der Waals surface area (Å²) in [5.41, 5.74) is 5.19. The molecule has 2 atom stereocenters. The molecule has 0 radical (unpaired) electrons. The van der Waals surface area contributed by atoms with Gasteiger partial charge in [0, 0.05) is 0 Å². The van der Waals surface area contributed by atoms with Crippen molar-refractivity contribution >= 4 is 27.5 Å². The number of sulfonamides is 1. The van der Waals surface area contributed by atoms with Gasteiger partial charge in [0.2, 0.25) is 15.9 Å². The highest BCUT2D eigenvalue weighted by molar-refractivity contribution is 7.89. The molecular weight excluding hydrogens is 484 g/mol. The summed E-state index contributed by atoms with van der Waals surface area (Å²) >= 11 is 6.14. The third kappa shape index (κ3) is 6.63. The molecule has 0 spiro atoms. The van der Waals surface area contributed by atoms with Crippen LogP contribution in [0, 0.1) is 20.8 Å². The lowest BCUT2D eigenvalue weighted by molar-refractivity contribution is -0.123. The van der Waals surface area contributed by atoms with Crippen LogP contribution in [-0.2, 0) is 21.2 Å². The van der Waals surface area contributed by atoms with Crippen molar-refractivity contribution in [2.45, 2.75) is 51.1 Å². The van der Waals surface area contributed by atoms with Gasteiger partial charge in [0.15, 0.2) is 0 Å². The maximum atomic E-state index is 13.4. The third-order valence-electron chi connectivity index (χ3n) is 6.04. The molecule has 3 aromatic rings. The molecule has 35 heavy (non-hydrogen) atoms. The van der Waals surface area contributed by atoms with E-state index in [-0.39, 0.29) is 22.4 Å². The van der Waals surface area contributed by atoms with Crippen molar-refractivity contribution in [1.82, 2.24) is 10.0 Å². The Kier molecular flexibility index (Phi) is 8.59. The molecule has 186 valence electrons. The molecule has 0 fully saturated rings. The van der Waals surface area contributed by atoms with Crippen LogP contribution < -0.4 is 14.8 Å². The van der Waals surface area contributed by atoms with Crippen LogP contribution in [0.3, 0.4) is 0 Å². The monoisotopic (exact) mass is 514 g/mol. The minimum Gasteiger partial charge on any atom is -0.495 e. The predicted octanol–water partition coefficient (Wildman–Crippen LogP) is 5.04.